The molecule has 0 aliphatic heterocycles. The number of aliphatic hydroxyl groups is 1. The number of anilines is 3. The number of sulfonamides is 1. The summed E-state index contributed by atoms with van der Waals surface area (Å²) < 4.78 is 70.3. The SMILES string of the molecule is CNC(=O)Oc1c(-c2ccc(Nc3cccc(F)c3F)cc2)oc2cc(N(CCO)S(C)(=O)=O)c(OC)cc12. The third-order valence-electron chi connectivity index (χ3n) is 5.69. The van der Waals surface area contributed by atoms with Gasteiger partial charge in [0.1, 0.15) is 11.3 Å². The van der Waals surface area contributed by atoms with Crippen molar-refractivity contribution in [2.75, 3.05) is 43.2 Å². The molecule has 13 heteroatoms. The number of nitrogens with one attached hydrogen (secondary N) is 2. The van der Waals surface area contributed by atoms with E-state index in [2.05, 4.69) is 10.6 Å². The number of aliphatic hydroxyl groups excluding tert-OH is 1. The summed E-state index contributed by atoms with van der Waals surface area (Å²) in [5.74, 6) is -1.69. The number of methoxy groups -OCH3 is 1. The van der Waals surface area contributed by atoms with Crippen molar-refractivity contribution in [2.45, 2.75) is 0 Å². The zero-order chi connectivity index (χ0) is 28.3. The number of rotatable bonds is 9. The molecule has 0 radical (unpaired) electrons. The number of fused-ring (bicyclic) bond motifs is 1. The molecule has 0 atom stereocenters. The minimum absolute atomic E-state index is 0.0409. The Morgan fingerprint density at radius 2 is 1.85 bits per heavy atom. The van der Waals surface area contributed by atoms with E-state index in [9.17, 15) is 27.1 Å². The molecule has 0 saturated heterocycles. The van der Waals surface area contributed by atoms with Gasteiger partial charge in [-0.25, -0.2) is 22.0 Å². The van der Waals surface area contributed by atoms with Crippen LogP contribution in [0.3, 0.4) is 0 Å². The van der Waals surface area contributed by atoms with Crippen molar-refractivity contribution >= 4 is 44.1 Å². The van der Waals surface area contributed by atoms with Crippen molar-refractivity contribution in [3.63, 3.8) is 0 Å². The van der Waals surface area contributed by atoms with E-state index in [0.717, 1.165) is 16.6 Å². The predicted octanol–water partition coefficient (Wildman–Crippen LogP) is 4.61. The van der Waals surface area contributed by atoms with E-state index in [1.807, 2.05) is 0 Å². The Kier molecular flexibility index (Phi) is 7.93. The van der Waals surface area contributed by atoms with Crippen LogP contribution < -0.4 is 24.4 Å². The Labute approximate surface area is 222 Å². The molecular weight excluding hydrogens is 536 g/mol. The second-order valence-electron chi connectivity index (χ2n) is 8.28. The van der Waals surface area contributed by atoms with Gasteiger partial charge in [-0.1, -0.05) is 6.07 Å². The van der Waals surface area contributed by atoms with E-state index < -0.39 is 34.4 Å². The monoisotopic (exact) mass is 561 g/mol. The van der Waals surface area contributed by atoms with Crippen LogP contribution in [-0.2, 0) is 10.0 Å². The first kappa shape index (κ1) is 27.7. The van der Waals surface area contributed by atoms with Gasteiger partial charge in [0.15, 0.2) is 23.1 Å². The fourth-order valence-electron chi connectivity index (χ4n) is 3.90. The predicted molar refractivity (Wildman–Crippen MR) is 142 cm³/mol. The first-order valence-electron chi connectivity index (χ1n) is 11.5. The van der Waals surface area contributed by atoms with Gasteiger partial charge in [-0.3, -0.25) is 4.31 Å². The van der Waals surface area contributed by atoms with Crippen molar-refractivity contribution in [3.05, 3.63) is 66.2 Å². The van der Waals surface area contributed by atoms with E-state index in [-0.39, 0.29) is 40.8 Å². The van der Waals surface area contributed by atoms with Crippen molar-refractivity contribution in [2.24, 2.45) is 0 Å². The minimum atomic E-state index is -3.80. The molecule has 0 saturated carbocycles. The largest absolute Gasteiger partial charge is 0.495 e. The average molecular weight is 562 g/mol. The number of benzene rings is 3. The number of hydrogen-bond acceptors (Lipinski definition) is 8. The third kappa shape index (κ3) is 5.73. The Morgan fingerprint density at radius 3 is 2.46 bits per heavy atom. The number of nitrogens with zero attached hydrogens (tertiary/aromatic N) is 1. The Balaban J connectivity index is 1.82. The van der Waals surface area contributed by atoms with Crippen molar-refractivity contribution < 1.29 is 41.0 Å². The molecule has 0 aliphatic rings. The molecule has 0 aliphatic carbocycles. The highest BCUT2D eigenvalue weighted by atomic mass is 32.2. The molecule has 1 aromatic heterocycles. The van der Waals surface area contributed by atoms with Gasteiger partial charge in [0.25, 0.3) is 0 Å². The van der Waals surface area contributed by atoms with Crippen LogP contribution in [0.1, 0.15) is 0 Å². The molecule has 4 rings (SSSR count). The quantitative estimate of drug-likeness (QED) is 0.270. The highest BCUT2D eigenvalue weighted by Crippen LogP contribution is 2.45. The topological polar surface area (TPSA) is 130 Å². The van der Waals surface area contributed by atoms with Crippen LogP contribution in [-0.4, -0.2) is 53.2 Å². The number of halogens is 2. The summed E-state index contributed by atoms with van der Waals surface area (Å²) in [5, 5.41) is 14.9. The van der Waals surface area contributed by atoms with Gasteiger partial charge in [0, 0.05) is 24.4 Å². The number of ether oxygens (including phenoxy) is 2. The summed E-state index contributed by atoms with van der Waals surface area (Å²) in [6.07, 6.45) is 0.213. The number of hydrogen-bond donors (Lipinski definition) is 3. The number of furan rings is 1. The molecule has 0 bridgehead atoms. The highest BCUT2D eigenvalue weighted by Gasteiger charge is 2.26. The molecule has 206 valence electrons. The van der Waals surface area contributed by atoms with Crippen LogP contribution in [0.15, 0.2) is 59.0 Å². The first-order valence-corrected chi connectivity index (χ1v) is 13.4. The number of carbonyl (C=O) groups excluding carboxylic acids is 1. The summed E-state index contributed by atoms with van der Waals surface area (Å²) in [6.45, 7) is -0.668. The Bertz CT molecular complexity index is 1620. The summed E-state index contributed by atoms with van der Waals surface area (Å²) in [5.41, 5.74) is 1.16. The van der Waals surface area contributed by atoms with Gasteiger partial charge in [0.05, 0.1) is 43.3 Å². The fourth-order valence-corrected chi connectivity index (χ4v) is 4.81. The average Bonchev–Trinajstić information content (AvgIpc) is 3.25. The molecule has 10 nitrogen and oxygen atoms in total. The van der Waals surface area contributed by atoms with Crippen LogP contribution in [0.25, 0.3) is 22.3 Å². The zero-order valence-corrected chi connectivity index (χ0v) is 21.9. The number of amides is 1. The maximum Gasteiger partial charge on any atom is 0.412 e. The highest BCUT2D eigenvalue weighted by molar-refractivity contribution is 7.92. The lowest BCUT2D eigenvalue weighted by Crippen LogP contribution is -2.32. The van der Waals surface area contributed by atoms with E-state index in [1.54, 1.807) is 24.3 Å². The first-order chi connectivity index (χ1) is 18.6. The van der Waals surface area contributed by atoms with E-state index in [1.165, 1.54) is 38.4 Å². The molecule has 3 aromatic carbocycles. The maximum absolute atomic E-state index is 14.1. The molecule has 3 N–H and O–H groups in total. The van der Waals surface area contributed by atoms with Gasteiger partial charge in [0.2, 0.25) is 10.0 Å². The van der Waals surface area contributed by atoms with Crippen LogP contribution >= 0.6 is 0 Å². The van der Waals surface area contributed by atoms with Gasteiger partial charge in [-0.15, -0.1) is 0 Å². The van der Waals surface area contributed by atoms with E-state index in [0.29, 0.717) is 16.6 Å². The third-order valence-corrected chi connectivity index (χ3v) is 6.87. The lowest BCUT2D eigenvalue weighted by molar-refractivity contribution is 0.203. The molecule has 0 fully saturated rings. The zero-order valence-electron chi connectivity index (χ0n) is 21.1. The normalized spacial score (nSPS) is 11.3. The molecule has 1 amide bonds. The van der Waals surface area contributed by atoms with Gasteiger partial charge < -0.3 is 29.6 Å². The second kappa shape index (κ2) is 11.2. The van der Waals surface area contributed by atoms with E-state index in [4.69, 9.17) is 13.9 Å². The summed E-state index contributed by atoms with van der Waals surface area (Å²) >= 11 is 0. The van der Waals surface area contributed by atoms with Crippen LogP contribution in [0, 0.1) is 11.6 Å². The second-order valence-corrected chi connectivity index (χ2v) is 10.2. The summed E-state index contributed by atoms with van der Waals surface area (Å²) in [4.78, 5) is 12.2. The lowest BCUT2D eigenvalue weighted by Gasteiger charge is -2.23. The smallest absolute Gasteiger partial charge is 0.412 e. The lowest BCUT2D eigenvalue weighted by atomic mass is 10.1. The van der Waals surface area contributed by atoms with Crippen molar-refractivity contribution in [1.29, 1.82) is 0 Å². The minimum Gasteiger partial charge on any atom is -0.495 e. The number of carbonyl (C=O) groups is 1. The molecule has 0 spiro atoms. The Hall–Kier alpha value is -4.36. The van der Waals surface area contributed by atoms with Crippen molar-refractivity contribution in [1.82, 2.24) is 5.32 Å². The Morgan fingerprint density at radius 1 is 1.13 bits per heavy atom. The summed E-state index contributed by atoms with van der Waals surface area (Å²) in [6, 6.07) is 13.1. The summed E-state index contributed by atoms with van der Waals surface area (Å²) in [7, 11) is -1.07. The molecule has 4 aromatic rings. The van der Waals surface area contributed by atoms with Gasteiger partial charge in [-0.05, 0) is 42.5 Å². The molecule has 39 heavy (non-hydrogen) atoms. The fraction of sp³-hybridized carbons (Fsp3) is 0.192. The van der Waals surface area contributed by atoms with Crippen molar-refractivity contribution in [3.8, 4) is 22.8 Å². The van der Waals surface area contributed by atoms with Gasteiger partial charge in [-0.2, -0.15) is 0 Å². The van der Waals surface area contributed by atoms with Crippen LogP contribution in [0.5, 0.6) is 11.5 Å². The molecule has 1 heterocycles. The standard InChI is InChI=1S/C26H25F2N3O7S/c1-29-26(33)38-25-17-13-22(36-2)20(31(11-12-32)39(3,34)35)14-21(17)37-24(25)15-7-9-16(10-8-15)30-19-6-4-5-18(27)23(19)28/h4-10,13-14,30,32H,11-12H2,1-3H3,(H,29,33). The van der Waals surface area contributed by atoms with E-state index >= 15 is 0 Å². The maximum atomic E-state index is 14.1. The van der Waals surface area contributed by atoms with Crippen LogP contribution in [0.4, 0.5) is 30.6 Å². The molecular formula is C26H25F2N3O7S. The molecule has 0 unspecified atom stereocenters. The van der Waals surface area contributed by atoms with Crippen LogP contribution in [0.2, 0.25) is 0 Å². The van der Waals surface area contributed by atoms with Gasteiger partial charge >= 0.3 is 6.09 Å².